The second kappa shape index (κ2) is 8.74. The maximum Gasteiger partial charge on any atom is 0.342 e. The van der Waals surface area contributed by atoms with Crippen molar-refractivity contribution in [3.05, 3.63) is 62.5 Å². The van der Waals surface area contributed by atoms with Gasteiger partial charge < -0.3 is 9.52 Å². The van der Waals surface area contributed by atoms with Crippen LogP contribution in [-0.2, 0) is 11.2 Å². The summed E-state index contributed by atoms with van der Waals surface area (Å²) >= 11 is 0.912. The second-order valence-electron chi connectivity index (χ2n) is 6.14. The van der Waals surface area contributed by atoms with Crippen LogP contribution < -0.4 is 0 Å². The number of benzene rings is 1. The molecule has 29 heavy (non-hydrogen) atoms. The Hall–Kier alpha value is -3.40. The molecule has 0 aliphatic heterocycles. The van der Waals surface area contributed by atoms with Crippen LogP contribution in [0.25, 0.3) is 17.4 Å². The number of aromatic amines is 1. The molecule has 0 saturated heterocycles. The van der Waals surface area contributed by atoms with Crippen molar-refractivity contribution in [1.82, 2.24) is 15.2 Å². The second-order valence-corrected chi connectivity index (χ2v) is 7.15. The van der Waals surface area contributed by atoms with Gasteiger partial charge in [0, 0.05) is 29.7 Å². The first-order valence-corrected chi connectivity index (χ1v) is 9.59. The van der Waals surface area contributed by atoms with E-state index < -0.39 is 10.9 Å². The summed E-state index contributed by atoms with van der Waals surface area (Å²) in [6, 6.07) is 7.97. The number of nitrogens with zero attached hydrogens (tertiary/aromatic N) is 3. The van der Waals surface area contributed by atoms with E-state index in [2.05, 4.69) is 15.2 Å². The molecule has 150 valence electrons. The highest BCUT2D eigenvalue weighted by Crippen LogP contribution is 2.32. The monoisotopic (exact) mass is 414 g/mol. The molecule has 2 aromatic heterocycles. The smallest absolute Gasteiger partial charge is 0.342 e. The number of furan rings is 1. The molecule has 1 aromatic carbocycles. The van der Waals surface area contributed by atoms with E-state index in [1.54, 1.807) is 31.2 Å². The standard InChI is InChI=1S/C19H18N4O5S/c1-3-5-17-20-19(22-21-17)29-16(18(24)25)10-12-8-9-15(28-12)13-6-4-7-14(11(13)2)23(26)27/h4,6-10H,3,5H2,1-2H3,(H,24,25)(H,20,21,22)/b16-10-. The van der Waals surface area contributed by atoms with Gasteiger partial charge in [-0.1, -0.05) is 19.1 Å². The van der Waals surface area contributed by atoms with E-state index >= 15 is 0 Å². The lowest BCUT2D eigenvalue weighted by molar-refractivity contribution is -0.385. The molecule has 0 aliphatic rings. The molecule has 0 unspecified atom stereocenters. The van der Waals surface area contributed by atoms with E-state index in [4.69, 9.17) is 4.42 Å². The number of aliphatic carboxylic acids is 1. The number of nitro benzene ring substituents is 1. The fourth-order valence-electron chi connectivity index (χ4n) is 2.70. The summed E-state index contributed by atoms with van der Waals surface area (Å²) in [5, 5.41) is 27.7. The van der Waals surface area contributed by atoms with Gasteiger partial charge in [-0.25, -0.2) is 9.78 Å². The predicted octanol–water partition coefficient (Wildman–Crippen LogP) is 4.45. The number of carboxylic acid groups (broad SMARTS) is 1. The summed E-state index contributed by atoms with van der Waals surface area (Å²) in [6.07, 6.45) is 3.00. The number of aromatic nitrogens is 3. The largest absolute Gasteiger partial charge is 0.477 e. The van der Waals surface area contributed by atoms with Gasteiger partial charge in [0.05, 0.1) is 4.92 Å². The zero-order valence-corrected chi connectivity index (χ0v) is 16.5. The summed E-state index contributed by atoms with van der Waals surface area (Å²) in [7, 11) is 0. The van der Waals surface area contributed by atoms with Crippen LogP contribution in [0.1, 0.15) is 30.5 Å². The quantitative estimate of drug-likeness (QED) is 0.239. The number of H-pyrrole nitrogens is 1. The lowest BCUT2D eigenvalue weighted by Crippen LogP contribution is -1.97. The molecule has 0 atom stereocenters. The van der Waals surface area contributed by atoms with Crippen LogP contribution in [0.15, 0.2) is 44.8 Å². The van der Waals surface area contributed by atoms with Crippen molar-refractivity contribution >= 4 is 29.5 Å². The Morgan fingerprint density at radius 1 is 1.38 bits per heavy atom. The first-order valence-electron chi connectivity index (χ1n) is 8.77. The lowest BCUT2D eigenvalue weighted by atomic mass is 10.1. The van der Waals surface area contributed by atoms with Gasteiger partial charge in [0.1, 0.15) is 22.3 Å². The molecule has 9 nitrogen and oxygen atoms in total. The average Bonchev–Trinajstić information content (AvgIpc) is 3.31. The Bertz CT molecular complexity index is 1090. The topological polar surface area (TPSA) is 135 Å². The van der Waals surface area contributed by atoms with Crippen molar-refractivity contribution in [2.75, 3.05) is 0 Å². The number of hydrogen-bond donors (Lipinski definition) is 2. The molecule has 3 aromatic rings. The van der Waals surface area contributed by atoms with Crippen LogP contribution in [0.4, 0.5) is 5.69 Å². The number of carbonyl (C=O) groups is 1. The molecule has 10 heteroatoms. The molecule has 0 saturated carbocycles. The van der Waals surface area contributed by atoms with Crippen LogP contribution in [0.3, 0.4) is 0 Å². The van der Waals surface area contributed by atoms with Crippen LogP contribution in [0.5, 0.6) is 0 Å². The van der Waals surface area contributed by atoms with Crippen molar-refractivity contribution < 1.29 is 19.2 Å². The van der Waals surface area contributed by atoms with Crippen LogP contribution >= 0.6 is 11.8 Å². The molecule has 0 spiro atoms. The number of hydrogen-bond acceptors (Lipinski definition) is 7. The summed E-state index contributed by atoms with van der Waals surface area (Å²) in [5.41, 5.74) is 1.03. The number of nitro groups is 1. The minimum absolute atomic E-state index is 0.00902. The first kappa shape index (κ1) is 20.3. The van der Waals surface area contributed by atoms with E-state index in [-0.39, 0.29) is 10.6 Å². The zero-order valence-electron chi connectivity index (χ0n) is 15.7. The van der Waals surface area contributed by atoms with Gasteiger partial charge in [-0.3, -0.25) is 15.2 Å². The van der Waals surface area contributed by atoms with Crippen LogP contribution in [-0.4, -0.2) is 31.2 Å². The lowest BCUT2D eigenvalue weighted by Gasteiger charge is -2.03. The van der Waals surface area contributed by atoms with Crippen LogP contribution in [0, 0.1) is 17.0 Å². The van der Waals surface area contributed by atoms with E-state index in [1.807, 2.05) is 6.92 Å². The van der Waals surface area contributed by atoms with Crippen molar-refractivity contribution in [1.29, 1.82) is 0 Å². The molecule has 0 fully saturated rings. The van der Waals surface area contributed by atoms with Gasteiger partial charge in [0.25, 0.3) is 5.69 Å². The highest BCUT2D eigenvalue weighted by Gasteiger charge is 2.18. The Balaban J connectivity index is 1.87. The van der Waals surface area contributed by atoms with E-state index in [1.165, 1.54) is 12.1 Å². The van der Waals surface area contributed by atoms with Crippen molar-refractivity contribution in [3.63, 3.8) is 0 Å². The van der Waals surface area contributed by atoms with Gasteiger partial charge in [-0.2, -0.15) is 0 Å². The first-order chi connectivity index (χ1) is 13.9. The fraction of sp³-hybridized carbons (Fsp3) is 0.211. The zero-order chi connectivity index (χ0) is 21.0. The summed E-state index contributed by atoms with van der Waals surface area (Å²) in [5.74, 6) is 0.276. The van der Waals surface area contributed by atoms with Gasteiger partial charge in [0.2, 0.25) is 5.16 Å². The minimum atomic E-state index is -1.14. The van der Waals surface area contributed by atoms with E-state index in [0.717, 1.165) is 24.6 Å². The highest BCUT2D eigenvalue weighted by molar-refractivity contribution is 8.04. The molecule has 0 aliphatic carbocycles. The number of nitrogens with one attached hydrogen (secondary N) is 1. The summed E-state index contributed by atoms with van der Waals surface area (Å²) in [4.78, 5) is 26.5. The molecule has 0 radical (unpaired) electrons. The average molecular weight is 414 g/mol. The number of thioether (sulfide) groups is 1. The van der Waals surface area contributed by atoms with Crippen molar-refractivity contribution in [3.8, 4) is 11.3 Å². The van der Waals surface area contributed by atoms with E-state index in [9.17, 15) is 20.0 Å². The third-order valence-corrected chi connectivity index (χ3v) is 4.96. The molecular weight excluding hydrogens is 396 g/mol. The van der Waals surface area contributed by atoms with Crippen molar-refractivity contribution in [2.24, 2.45) is 0 Å². The number of rotatable bonds is 8. The third kappa shape index (κ3) is 4.72. The van der Waals surface area contributed by atoms with Crippen molar-refractivity contribution in [2.45, 2.75) is 31.8 Å². The molecular formula is C19H18N4O5S. The maximum atomic E-state index is 11.6. The Morgan fingerprint density at radius 3 is 2.86 bits per heavy atom. The minimum Gasteiger partial charge on any atom is -0.477 e. The maximum absolute atomic E-state index is 11.6. The molecule has 2 heterocycles. The highest BCUT2D eigenvalue weighted by atomic mass is 32.2. The normalized spacial score (nSPS) is 11.6. The Labute approximate surface area is 170 Å². The molecule has 3 rings (SSSR count). The molecule has 2 N–H and O–H groups in total. The molecule has 0 bridgehead atoms. The molecule has 0 amide bonds. The number of carboxylic acids is 1. The van der Waals surface area contributed by atoms with Gasteiger partial charge >= 0.3 is 5.97 Å². The van der Waals surface area contributed by atoms with Gasteiger partial charge in [-0.05, 0) is 37.2 Å². The summed E-state index contributed by atoms with van der Waals surface area (Å²) < 4.78 is 5.72. The van der Waals surface area contributed by atoms with Crippen LogP contribution in [0.2, 0.25) is 0 Å². The van der Waals surface area contributed by atoms with Gasteiger partial charge in [-0.15, -0.1) is 5.10 Å². The summed E-state index contributed by atoms with van der Waals surface area (Å²) in [6.45, 7) is 3.65. The Morgan fingerprint density at radius 2 is 2.17 bits per heavy atom. The SMILES string of the molecule is CCCc1nc(S/C(=C\c2ccc(-c3cccc([N+](=O)[O-])c3C)o2)C(=O)O)n[nH]1. The van der Waals surface area contributed by atoms with E-state index in [0.29, 0.717) is 33.6 Å². The fourth-order valence-corrected chi connectivity index (χ4v) is 3.40. The Kier molecular flexibility index (Phi) is 6.13. The predicted molar refractivity (Wildman–Crippen MR) is 107 cm³/mol. The number of aryl methyl sites for hydroxylation is 1. The van der Waals surface area contributed by atoms with Gasteiger partial charge in [0.15, 0.2) is 0 Å². The third-order valence-electron chi connectivity index (χ3n) is 4.08.